The van der Waals surface area contributed by atoms with Crippen molar-refractivity contribution in [3.8, 4) is 17.2 Å². The molecule has 1 aliphatic rings. The summed E-state index contributed by atoms with van der Waals surface area (Å²) in [5.41, 5.74) is 1.13. The van der Waals surface area contributed by atoms with Gasteiger partial charge in [-0.25, -0.2) is 0 Å². The van der Waals surface area contributed by atoms with Crippen LogP contribution in [0.5, 0.6) is 17.2 Å². The summed E-state index contributed by atoms with van der Waals surface area (Å²) in [5, 5.41) is 2.75. The standard InChI is InChI=1S/C20H20N2O5/c1-3-10-22-15-11-14(8-9-16(15)27-13-20(22)24)21-19(23)12-26-18-7-5-4-6-17(18)25-2/h3-9,11H,1,10,12-13H2,2H3,(H,21,23). The Labute approximate surface area is 157 Å². The Balaban J connectivity index is 1.68. The van der Waals surface area contributed by atoms with Crippen LogP contribution >= 0.6 is 0 Å². The van der Waals surface area contributed by atoms with E-state index in [1.807, 2.05) is 6.07 Å². The Morgan fingerprint density at radius 3 is 2.81 bits per heavy atom. The molecular weight excluding hydrogens is 348 g/mol. The average Bonchev–Trinajstić information content (AvgIpc) is 2.69. The summed E-state index contributed by atoms with van der Waals surface area (Å²) in [6.45, 7) is 3.84. The third-order valence-corrected chi connectivity index (χ3v) is 3.93. The zero-order valence-electron chi connectivity index (χ0n) is 14.9. The number of hydrogen-bond donors (Lipinski definition) is 1. The SMILES string of the molecule is C=CCN1C(=O)COc2ccc(NC(=O)COc3ccccc3OC)cc21. The quantitative estimate of drug-likeness (QED) is 0.760. The molecule has 0 saturated heterocycles. The molecule has 0 fully saturated rings. The molecule has 0 saturated carbocycles. The Kier molecular flexibility index (Phi) is 5.61. The van der Waals surface area contributed by atoms with Gasteiger partial charge in [-0.15, -0.1) is 6.58 Å². The molecule has 1 heterocycles. The summed E-state index contributed by atoms with van der Waals surface area (Å²) in [7, 11) is 1.54. The number of fused-ring (bicyclic) bond motifs is 1. The van der Waals surface area contributed by atoms with Gasteiger partial charge in [0, 0.05) is 12.2 Å². The van der Waals surface area contributed by atoms with Gasteiger partial charge in [0.1, 0.15) is 5.75 Å². The van der Waals surface area contributed by atoms with Crippen LogP contribution in [0.3, 0.4) is 0 Å². The van der Waals surface area contributed by atoms with Gasteiger partial charge in [0.2, 0.25) is 0 Å². The number of carbonyl (C=O) groups excluding carboxylic acids is 2. The van der Waals surface area contributed by atoms with Crippen molar-refractivity contribution in [1.29, 1.82) is 0 Å². The second-order valence-electron chi connectivity index (χ2n) is 5.75. The monoisotopic (exact) mass is 368 g/mol. The normalized spacial score (nSPS) is 12.6. The summed E-state index contributed by atoms with van der Waals surface area (Å²) >= 11 is 0. The zero-order valence-corrected chi connectivity index (χ0v) is 14.9. The van der Waals surface area contributed by atoms with Crippen LogP contribution < -0.4 is 24.4 Å². The van der Waals surface area contributed by atoms with E-state index in [4.69, 9.17) is 14.2 Å². The van der Waals surface area contributed by atoms with Gasteiger partial charge in [-0.05, 0) is 30.3 Å². The van der Waals surface area contributed by atoms with Crippen molar-refractivity contribution in [1.82, 2.24) is 0 Å². The van der Waals surface area contributed by atoms with Crippen LogP contribution in [0.25, 0.3) is 0 Å². The lowest BCUT2D eigenvalue weighted by Crippen LogP contribution is -2.38. The molecular formula is C20H20N2O5. The molecule has 27 heavy (non-hydrogen) atoms. The van der Waals surface area contributed by atoms with E-state index >= 15 is 0 Å². The maximum atomic E-state index is 12.2. The molecule has 140 valence electrons. The first-order chi connectivity index (χ1) is 13.1. The average molecular weight is 368 g/mol. The second kappa shape index (κ2) is 8.27. The van der Waals surface area contributed by atoms with Crippen molar-refractivity contribution < 1.29 is 23.8 Å². The predicted molar refractivity (Wildman–Crippen MR) is 102 cm³/mol. The minimum Gasteiger partial charge on any atom is -0.493 e. The summed E-state index contributed by atoms with van der Waals surface area (Å²) in [5.74, 6) is 1.12. The number of ether oxygens (including phenoxy) is 3. The fourth-order valence-electron chi connectivity index (χ4n) is 2.69. The van der Waals surface area contributed by atoms with Crippen molar-refractivity contribution in [2.75, 3.05) is 37.1 Å². The van der Waals surface area contributed by atoms with Crippen molar-refractivity contribution in [2.24, 2.45) is 0 Å². The van der Waals surface area contributed by atoms with Gasteiger partial charge in [-0.2, -0.15) is 0 Å². The number of nitrogens with one attached hydrogen (secondary N) is 1. The first-order valence-electron chi connectivity index (χ1n) is 8.36. The van der Waals surface area contributed by atoms with Gasteiger partial charge in [0.25, 0.3) is 11.8 Å². The van der Waals surface area contributed by atoms with E-state index in [1.54, 1.807) is 47.4 Å². The lowest BCUT2D eigenvalue weighted by Gasteiger charge is -2.28. The summed E-state index contributed by atoms with van der Waals surface area (Å²) in [6, 6.07) is 12.2. The Morgan fingerprint density at radius 2 is 2.07 bits per heavy atom. The molecule has 0 aromatic heterocycles. The lowest BCUT2D eigenvalue weighted by molar-refractivity contribution is -0.121. The first kappa shape index (κ1) is 18.3. The van der Waals surface area contributed by atoms with Gasteiger partial charge >= 0.3 is 0 Å². The largest absolute Gasteiger partial charge is 0.493 e. The first-order valence-corrected chi connectivity index (χ1v) is 8.36. The highest BCUT2D eigenvalue weighted by atomic mass is 16.5. The molecule has 0 spiro atoms. The number of rotatable bonds is 7. The van der Waals surface area contributed by atoms with Gasteiger partial charge in [-0.3, -0.25) is 9.59 Å². The van der Waals surface area contributed by atoms with Crippen LogP contribution in [0, 0.1) is 0 Å². The predicted octanol–water partition coefficient (Wildman–Crippen LogP) is 2.62. The van der Waals surface area contributed by atoms with E-state index in [2.05, 4.69) is 11.9 Å². The number of amides is 2. The number of anilines is 2. The Hall–Kier alpha value is -3.48. The molecule has 0 bridgehead atoms. The van der Waals surface area contributed by atoms with Gasteiger partial charge in [0.05, 0.1) is 12.8 Å². The van der Waals surface area contributed by atoms with E-state index in [-0.39, 0.29) is 25.0 Å². The highest BCUT2D eigenvalue weighted by molar-refractivity contribution is 6.00. The van der Waals surface area contributed by atoms with E-state index in [9.17, 15) is 9.59 Å². The van der Waals surface area contributed by atoms with Crippen LogP contribution in [0.1, 0.15) is 0 Å². The number of carbonyl (C=O) groups is 2. The highest BCUT2D eigenvalue weighted by Gasteiger charge is 2.25. The number of methoxy groups -OCH3 is 1. The van der Waals surface area contributed by atoms with Crippen molar-refractivity contribution >= 4 is 23.2 Å². The van der Waals surface area contributed by atoms with Crippen LogP contribution in [0.4, 0.5) is 11.4 Å². The molecule has 7 heteroatoms. The smallest absolute Gasteiger partial charge is 0.265 e. The van der Waals surface area contributed by atoms with Crippen molar-refractivity contribution in [2.45, 2.75) is 0 Å². The second-order valence-corrected chi connectivity index (χ2v) is 5.75. The molecule has 1 aliphatic heterocycles. The maximum absolute atomic E-state index is 12.2. The zero-order chi connectivity index (χ0) is 19.2. The molecule has 2 aromatic rings. The van der Waals surface area contributed by atoms with Gasteiger partial charge in [0.15, 0.2) is 24.7 Å². The van der Waals surface area contributed by atoms with E-state index < -0.39 is 0 Å². The molecule has 3 rings (SSSR count). The van der Waals surface area contributed by atoms with E-state index in [0.29, 0.717) is 35.2 Å². The van der Waals surface area contributed by atoms with Crippen molar-refractivity contribution in [3.05, 3.63) is 55.1 Å². The summed E-state index contributed by atoms with van der Waals surface area (Å²) in [4.78, 5) is 25.8. The van der Waals surface area contributed by atoms with Crippen molar-refractivity contribution in [3.63, 3.8) is 0 Å². The fraction of sp³-hybridized carbons (Fsp3) is 0.200. The Morgan fingerprint density at radius 1 is 1.30 bits per heavy atom. The molecule has 0 unspecified atom stereocenters. The highest BCUT2D eigenvalue weighted by Crippen LogP contribution is 2.34. The van der Waals surface area contributed by atoms with Crippen LogP contribution in [0.2, 0.25) is 0 Å². The molecule has 0 radical (unpaired) electrons. The van der Waals surface area contributed by atoms with Crippen LogP contribution in [-0.2, 0) is 9.59 Å². The maximum Gasteiger partial charge on any atom is 0.265 e. The van der Waals surface area contributed by atoms with E-state index in [0.717, 1.165) is 0 Å². The van der Waals surface area contributed by atoms with Gasteiger partial charge in [-0.1, -0.05) is 18.2 Å². The van der Waals surface area contributed by atoms with Crippen LogP contribution in [-0.4, -0.2) is 38.7 Å². The van der Waals surface area contributed by atoms with E-state index in [1.165, 1.54) is 7.11 Å². The molecule has 0 atom stereocenters. The molecule has 2 aromatic carbocycles. The number of para-hydroxylation sites is 2. The third-order valence-electron chi connectivity index (χ3n) is 3.93. The molecule has 2 amide bonds. The van der Waals surface area contributed by atoms with Crippen LogP contribution in [0.15, 0.2) is 55.1 Å². The number of benzene rings is 2. The minimum atomic E-state index is -0.334. The number of nitrogens with zero attached hydrogens (tertiary/aromatic N) is 1. The molecule has 0 aliphatic carbocycles. The van der Waals surface area contributed by atoms with Gasteiger partial charge < -0.3 is 24.4 Å². The lowest BCUT2D eigenvalue weighted by atomic mass is 10.2. The minimum absolute atomic E-state index is 0.0146. The Bertz CT molecular complexity index is 865. The topological polar surface area (TPSA) is 77.1 Å². The molecule has 1 N–H and O–H groups in total. The molecule has 7 nitrogen and oxygen atoms in total. The fourth-order valence-corrected chi connectivity index (χ4v) is 2.69. The summed E-state index contributed by atoms with van der Waals surface area (Å²) in [6.07, 6.45) is 1.64. The summed E-state index contributed by atoms with van der Waals surface area (Å²) < 4.78 is 16.1. The number of hydrogen-bond acceptors (Lipinski definition) is 5. The third kappa shape index (κ3) is 4.20.